The predicted octanol–water partition coefficient (Wildman–Crippen LogP) is 4.07. The zero-order chi connectivity index (χ0) is 22.6. The molecule has 7 nitrogen and oxygen atoms in total. The van der Waals surface area contributed by atoms with Crippen molar-refractivity contribution in [1.82, 2.24) is 15.5 Å². The molecule has 1 aliphatic heterocycles. The van der Waals surface area contributed by atoms with Gasteiger partial charge in [0.25, 0.3) is 0 Å². The van der Waals surface area contributed by atoms with Gasteiger partial charge in [0.05, 0.1) is 32.6 Å². The Hall–Kier alpha value is -1.78. The molecule has 1 aromatic heterocycles. The van der Waals surface area contributed by atoms with Gasteiger partial charge in [0.15, 0.2) is 5.96 Å². The number of ether oxygens (including phenoxy) is 2. The van der Waals surface area contributed by atoms with Crippen molar-refractivity contribution < 1.29 is 13.9 Å². The second kappa shape index (κ2) is 15.2. The van der Waals surface area contributed by atoms with Crippen molar-refractivity contribution in [2.75, 3.05) is 39.9 Å². The maximum atomic E-state index is 5.70. The van der Waals surface area contributed by atoms with E-state index < -0.39 is 0 Å². The number of benzene rings is 1. The monoisotopic (exact) mass is 570 g/mol. The maximum absolute atomic E-state index is 5.70. The lowest BCUT2D eigenvalue weighted by Crippen LogP contribution is -2.49. The van der Waals surface area contributed by atoms with Crippen LogP contribution in [0.25, 0.3) is 0 Å². The van der Waals surface area contributed by atoms with E-state index in [9.17, 15) is 0 Å². The lowest BCUT2D eigenvalue weighted by Gasteiger charge is -2.33. The molecule has 0 unspecified atom stereocenters. The number of halogens is 1. The Labute approximate surface area is 215 Å². The van der Waals surface area contributed by atoms with Crippen LogP contribution in [-0.4, -0.2) is 62.9 Å². The van der Waals surface area contributed by atoms with Crippen molar-refractivity contribution >= 4 is 29.9 Å². The first-order chi connectivity index (χ1) is 15.6. The molecular weight excluding hydrogens is 531 g/mol. The summed E-state index contributed by atoms with van der Waals surface area (Å²) in [4.78, 5) is 7.33. The molecule has 0 bridgehead atoms. The van der Waals surface area contributed by atoms with Crippen LogP contribution in [0.2, 0.25) is 0 Å². The standard InChI is InChI=1S/C25H38N4O3.HI/c1-20(2)31-18-16-29-14-11-22(12-15-29)28-25(26-13-10-24-5-4-17-32-24)27-19-21-6-8-23(30-3)9-7-21;/h4-9,17,20,22H,10-16,18-19H2,1-3H3,(H2,26,27,28);1H. The molecule has 0 spiro atoms. The van der Waals surface area contributed by atoms with Gasteiger partial charge in [-0.3, -0.25) is 0 Å². The van der Waals surface area contributed by atoms with E-state index in [1.807, 2.05) is 24.3 Å². The number of nitrogens with one attached hydrogen (secondary N) is 2. The second-order valence-corrected chi connectivity index (χ2v) is 8.45. The number of aliphatic imine (C=N–C) groups is 1. The molecule has 0 amide bonds. The number of nitrogens with zero attached hydrogens (tertiary/aromatic N) is 2. The van der Waals surface area contributed by atoms with Crippen molar-refractivity contribution in [3.63, 3.8) is 0 Å². The van der Waals surface area contributed by atoms with Gasteiger partial charge >= 0.3 is 0 Å². The Kier molecular flexibility index (Phi) is 12.6. The summed E-state index contributed by atoms with van der Waals surface area (Å²) in [5, 5.41) is 7.13. The molecule has 3 rings (SSSR count). The zero-order valence-corrected chi connectivity index (χ0v) is 22.4. The van der Waals surface area contributed by atoms with Crippen molar-refractivity contribution in [3.05, 3.63) is 54.0 Å². The van der Waals surface area contributed by atoms with E-state index in [4.69, 9.17) is 18.9 Å². The molecule has 0 saturated carbocycles. The minimum atomic E-state index is 0. The van der Waals surface area contributed by atoms with Gasteiger partial charge in [-0.1, -0.05) is 12.1 Å². The van der Waals surface area contributed by atoms with Crippen LogP contribution in [0.4, 0.5) is 0 Å². The molecule has 2 N–H and O–H groups in total. The number of hydrogen-bond donors (Lipinski definition) is 2. The summed E-state index contributed by atoms with van der Waals surface area (Å²) in [5.74, 6) is 2.69. The van der Waals surface area contributed by atoms with Crippen molar-refractivity contribution in [1.29, 1.82) is 0 Å². The van der Waals surface area contributed by atoms with Crippen molar-refractivity contribution in [2.24, 2.45) is 4.99 Å². The highest BCUT2D eigenvalue weighted by atomic mass is 127. The highest BCUT2D eigenvalue weighted by molar-refractivity contribution is 14.0. The van der Waals surface area contributed by atoms with E-state index in [0.29, 0.717) is 18.7 Å². The smallest absolute Gasteiger partial charge is 0.191 e. The highest BCUT2D eigenvalue weighted by Crippen LogP contribution is 2.13. The molecule has 184 valence electrons. The molecule has 2 heterocycles. The molecule has 0 aliphatic carbocycles. The Morgan fingerprint density at radius 2 is 1.94 bits per heavy atom. The van der Waals surface area contributed by atoms with E-state index in [0.717, 1.165) is 75.1 Å². The third-order valence-electron chi connectivity index (χ3n) is 5.61. The minimum absolute atomic E-state index is 0. The lowest BCUT2D eigenvalue weighted by molar-refractivity contribution is 0.0532. The lowest BCUT2D eigenvalue weighted by atomic mass is 10.1. The fraction of sp³-hybridized carbons (Fsp3) is 0.560. The molecule has 0 atom stereocenters. The third kappa shape index (κ3) is 10.4. The van der Waals surface area contributed by atoms with Gasteiger partial charge in [0, 0.05) is 38.6 Å². The van der Waals surface area contributed by atoms with E-state index >= 15 is 0 Å². The zero-order valence-electron chi connectivity index (χ0n) is 20.1. The van der Waals surface area contributed by atoms with Crippen LogP contribution in [0, 0.1) is 0 Å². The second-order valence-electron chi connectivity index (χ2n) is 8.45. The van der Waals surface area contributed by atoms with Gasteiger partial charge in [0.2, 0.25) is 0 Å². The highest BCUT2D eigenvalue weighted by Gasteiger charge is 2.20. The summed E-state index contributed by atoms with van der Waals surface area (Å²) >= 11 is 0. The van der Waals surface area contributed by atoms with Crippen LogP contribution in [0.1, 0.15) is 38.0 Å². The molecule has 1 aliphatic rings. The maximum Gasteiger partial charge on any atom is 0.191 e. The summed E-state index contributed by atoms with van der Waals surface area (Å²) in [6.07, 6.45) is 5.04. The van der Waals surface area contributed by atoms with Crippen LogP contribution in [0.3, 0.4) is 0 Å². The average Bonchev–Trinajstić information content (AvgIpc) is 3.32. The van der Waals surface area contributed by atoms with Crippen LogP contribution < -0.4 is 15.4 Å². The van der Waals surface area contributed by atoms with E-state index in [2.05, 4.69) is 41.5 Å². The van der Waals surface area contributed by atoms with Gasteiger partial charge in [0.1, 0.15) is 11.5 Å². The molecule has 2 aromatic rings. The van der Waals surface area contributed by atoms with E-state index in [1.165, 1.54) is 0 Å². The molecule has 33 heavy (non-hydrogen) atoms. The Morgan fingerprint density at radius 1 is 1.18 bits per heavy atom. The van der Waals surface area contributed by atoms with Gasteiger partial charge in [-0.2, -0.15) is 0 Å². The van der Waals surface area contributed by atoms with Gasteiger partial charge in [-0.25, -0.2) is 4.99 Å². The summed E-state index contributed by atoms with van der Waals surface area (Å²) in [6, 6.07) is 12.4. The number of likely N-dealkylation sites (tertiary alicyclic amines) is 1. The van der Waals surface area contributed by atoms with Crippen molar-refractivity contribution in [2.45, 2.75) is 51.8 Å². The largest absolute Gasteiger partial charge is 0.497 e. The van der Waals surface area contributed by atoms with E-state index in [1.54, 1.807) is 13.4 Å². The normalized spacial score (nSPS) is 15.3. The molecule has 8 heteroatoms. The quantitative estimate of drug-likeness (QED) is 0.241. The summed E-state index contributed by atoms with van der Waals surface area (Å²) in [5.41, 5.74) is 1.15. The number of guanidine groups is 1. The number of hydrogen-bond acceptors (Lipinski definition) is 5. The average molecular weight is 571 g/mol. The Bertz CT molecular complexity index is 788. The summed E-state index contributed by atoms with van der Waals surface area (Å²) < 4.78 is 16.4. The number of piperidine rings is 1. The summed E-state index contributed by atoms with van der Waals surface area (Å²) in [7, 11) is 1.68. The van der Waals surface area contributed by atoms with Gasteiger partial charge < -0.3 is 29.4 Å². The van der Waals surface area contributed by atoms with Gasteiger partial charge in [-0.15, -0.1) is 24.0 Å². The topological polar surface area (TPSA) is 71.3 Å². The molecule has 1 fully saturated rings. The first-order valence-electron chi connectivity index (χ1n) is 11.7. The number of rotatable bonds is 11. The van der Waals surface area contributed by atoms with Crippen LogP contribution in [0.15, 0.2) is 52.1 Å². The Balaban J connectivity index is 0.00000385. The molecule has 1 saturated heterocycles. The van der Waals surface area contributed by atoms with Crippen LogP contribution in [0.5, 0.6) is 5.75 Å². The molecule has 1 aromatic carbocycles. The fourth-order valence-electron chi connectivity index (χ4n) is 3.72. The minimum Gasteiger partial charge on any atom is -0.497 e. The SMILES string of the molecule is COc1ccc(CN=C(NCCc2ccco2)NC2CCN(CCOC(C)C)CC2)cc1.I. The van der Waals surface area contributed by atoms with Crippen LogP contribution in [-0.2, 0) is 17.7 Å². The fourth-order valence-corrected chi connectivity index (χ4v) is 3.72. The first-order valence-corrected chi connectivity index (χ1v) is 11.7. The third-order valence-corrected chi connectivity index (χ3v) is 5.61. The number of furan rings is 1. The molecular formula is C25H39IN4O3. The Morgan fingerprint density at radius 3 is 2.58 bits per heavy atom. The van der Waals surface area contributed by atoms with Crippen LogP contribution >= 0.6 is 24.0 Å². The summed E-state index contributed by atoms with van der Waals surface area (Å²) in [6.45, 7) is 9.53. The van der Waals surface area contributed by atoms with Crippen molar-refractivity contribution in [3.8, 4) is 5.75 Å². The predicted molar refractivity (Wildman–Crippen MR) is 144 cm³/mol. The van der Waals surface area contributed by atoms with Gasteiger partial charge in [-0.05, 0) is 56.5 Å². The first kappa shape index (κ1) is 27.5. The molecule has 0 radical (unpaired) electrons. The van der Waals surface area contributed by atoms with E-state index in [-0.39, 0.29) is 24.0 Å². The number of methoxy groups -OCH3 is 1.